The van der Waals surface area contributed by atoms with Crippen LogP contribution in [0.25, 0.3) is 28.2 Å². The molecule has 0 radical (unpaired) electrons. The number of esters is 1. The molecule has 2 N–H and O–H groups in total. The van der Waals surface area contributed by atoms with E-state index in [4.69, 9.17) is 14.7 Å². The fourth-order valence-electron chi connectivity index (χ4n) is 6.30. The highest BCUT2D eigenvalue weighted by Crippen LogP contribution is 2.42. The summed E-state index contributed by atoms with van der Waals surface area (Å²) in [6.45, 7) is 2.01. The fraction of sp³-hybridized carbons (Fsp3) is 0.353. The Bertz CT molecular complexity index is 1970. The second-order valence-corrected chi connectivity index (χ2v) is 12.2. The van der Waals surface area contributed by atoms with E-state index in [-0.39, 0.29) is 23.2 Å². The van der Waals surface area contributed by atoms with E-state index in [1.54, 1.807) is 51.1 Å². The molecular weight excluding hydrogens is 584 g/mol. The van der Waals surface area contributed by atoms with Gasteiger partial charge in [0.15, 0.2) is 5.69 Å². The molecule has 2 aliphatic rings. The third kappa shape index (κ3) is 5.60. The molecule has 3 atom stereocenters. The second-order valence-electron chi connectivity index (χ2n) is 12.2. The summed E-state index contributed by atoms with van der Waals surface area (Å²) in [6.07, 6.45) is 11.9. The van der Waals surface area contributed by atoms with Crippen LogP contribution in [0.5, 0.6) is 0 Å². The van der Waals surface area contributed by atoms with Gasteiger partial charge in [-0.3, -0.25) is 19.0 Å². The van der Waals surface area contributed by atoms with Gasteiger partial charge >= 0.3 is 5.97 Å². The summed E-state index contributed by atoms with van der Waals surface area (Å²) in [4.78, 5) is 39.8. The maximum Gasteiger partial charge on any atom is 0.358 e. The first-order valence-corrected chi connectivity index (χ1v) is 15.6. The van der Waals surface area contributed by atoms with Gasteiger partial charge in [0.1, 0.15) is 12.6 Å². The molecule has 1 saturated carbocycles. The lowest BCUT2D eigenvalue weighted by molar-refractivity contribution is 0.0594. The second kappa shape index (κ2) is 12.0. The Labute approximate surface area is 265 Å². The number of rotatable bonds is 5. The van der Waals surface area contributed by atoms with Crippen LogP contribution >= 0.6 is 0 Å². The highest BCUT2D eigenvalue weighted by molar-refractivity contribution is 5.87. The van der Waals surface area contributed by atoms with Crippen molar-refractivity contribution in [3.05, 3.63) is 94.9 Å². The maximum atomic E-state index is 14.0. The molecular formula is C34H36N8O4. The summed E-state index contributed by atoms with van der Waals surface area (Å²) in [6, 6.07) is 11.3. The Morgan fingerprint density at radius 3 is 2.67 bits per heavy atom. The summed E-state index contributed by atoms with van der Waals surface area (Å²) < 4.78 is 10.0. The highest BCUT2D eigenvalue weighted by atomic mass is 16.5. The molecule has 1 unspecified atom stereocenters. The molecule has 5 aromatic rings. The van der Waals surface area contributed by atoms with Crippen LogP contribution < -0.4 is 10.9 Å². The third-order valence-electron chi connectivity index (χ3n) is 9.09. The SMILES string of the molecule is COC(=O)c1cn(-c2ccc(C3CC3)cc2-c2cc(=O)n([C@H]3CCC[C@@H](C)C(O)Nc4cnn(C)c4-c4ccnc3c4)cn2)cn1. The summed E-state index contributed by atoms with van der Waals surface area (Å²) in [5.41, 5.74) is 6.44. The topological polar surface area (TPSA) is 142 Å². The van der Waals surface area contributed by atoms with E-state index in [0.717, 1.165) is 59.6 Å². The van der Waals surface area contributed by atoms with Gasteiger partial charge in [0.05, 0.1) is 54.1 Å². The van der Waals surface area contributed by atoms with Gasteiger partial charge in [-0.15, -0.1) is 0 Å². The zero-order valence-electron chi connectivity index (χ0n) is 26.0. The largest absolute Gasteiger partial charge is 0.464 e. The van der Waals surface area contributed by atoms with Crippen LogP contribution in [-0.4, -0.2) is 58.3 Å². The molecule has 1 aliphatic carbocycles. The minimum atomic E-state index is -0.745. The molecule has 7 rings (SSSR count). The number of carbonyl (C=O) groups excluding carboxylic acids is 1. The average Bonchev–Trinajstić information content (AvgIpc) is 3.69. The zero-order chi connectivity index (χ0) is 31.9. The molecule has 12 heteroatoms. The lowest BCUT2D eigenvalue weighted by Crippen LogP contribution is -2.29. The Hall–Kier alpha value is -5.10. The maximum absolute atomic E-state index is 14.0. The molecule has 46 heavy (non-hydrogen) atoms. The van der Waals surface area contributed by atoms with Crippen LogP contribution in [0.2, 0.25) is 0 Å². The average molecular weight is 621 g/mol. The number of aliphatic hydroxyl groups is 1. The molecule has 4 aromatic heterocycles. The van der Waals surface area contributed by atoms with E-state index in [9.17, 15) is 14.7 Å². The van der Waals surface area contributed by atoms with E-state index in [2.05, 4.69) is 27.5 Å². The van der Waals surface area contributed by atoms with Crippen molar-refractivity contribution >= 4 is 11.7 Å². The number of benzene rings is 1. The summed E-state index contributed by atoms with van der Waals surface area (Å²) in [5.74, 6) is -0.0611. The van der Waals surface area contributed by atoms with E-state index < -0.39 is 12.2 Å². The van der Waals surface area contributed by atoms with Gasteiger partial charge in [-0.1, -0.05) is 19.4 Å². The first-order valence-electron chi connectivity index (χ1n) is 15.6. The summed E-state index contributed by atoms with van der Waals surface area (Å²) >= 11 is 0. The number of nitrogens with one attached hydrogen (secondary N) is 1. The lowest BCUT2D eigenvalue weighted by atomic mass is 9.96. The molecule has 0 amide bonds. The summed E-state index contributed by atoms with van der Waals surface area (Å²) in [5, 5.41) is 18.6. The van der Waals surface area contributed by atoms with Crippen molar-refractivity contribution in [2.24, 2.45) is 13.0 Å². The van der Waals surface area contributed by atoms with Crippen molar-refractivity contribution in [2.45, 2.75) is 57.2 Å². The third-order valence-corrected chi connectivity index (χ3v) is 9.09. The smallest absolute Gasteiger partial charge is 0.358 e. The van der Waals surface area contributed by atoms with Crippen molar-refractivity contribution in [1.82, 2.24) is 33.9 Å². The number of aromatic nitrogens is 7. The van der Waals surface area contributed by atoms with E-state index >= 15 is 0 Å². The fourth-order valence-corrected chi connectivity index (χ4v) is 6.30. The monoisotopic (exact) mass is 620 g/mol. The highest BCUT2D eigenvalue weighted by Gasteiger charge is 2.27. The number of hydrogen-bond donors (Lipinski definition) is 2. The van der Waals surface area contributed by atoms with Crippen molar-refractivity contribution in [3.8, 4) is 28.2 Å². The normalized spacial score (nSPS) is 19.8. The van der Waals surface area contributed by atoms with Crippen LogP contribution in [0.3, 0.4) is 0 Å². The van der Waals surface area contributed by atoms with Crippen LogP contribution in [-0.2, 0) is 11.8 Å². The van der Waals surface area contributed by atoms with Crippen molar-refractivity contribution < 1.29 is 14.6 Å². The molecule has 0 spiro atoms. The standard InChI is InChI=1S/C34H36N8O4/c1-20-5-4-6-30(26-14-23(11-12-35-26)32-27(39-33(20)44)16-38-40(32)2)42-19-37-25(15-31(42)43)24-13-22(21-7-8-21)9-10-29(24)41-17-28(36-18-41)34(45)46-3/h9-21,30,33,39,44H,4-8H2,1-3H3/t20-,30+,33?/m1/s1. The quantitative estimate of drug-likeness (QED) is 0.268. The van der Waals surface area contributed by atoms with Crippen molar-refractivity contribution in [3.63, 3.8) is 0 Å². The van der Waals surface area contributed by atoms with Crippen LogP contribution in [0.4, 0.5) is 5.69 Å². The Morgan fingerprint density at radius 1 is 1.04 bits per heavy atom. The molecule has 1 fully saturated rings. The minimum absolute atomic E-state index is 0.0308. The van der Waals surface area contributed by atoms with Gasteiger partial charge in [0, 0.05) is 42.6 Å². The molecule has 5 heterocycles. The van der Waals surface area contributed by atoms with Gasteiger partial charge in [0.2, 0.25) is 0 Å². The molecule has 0 saturated heterocycles. The van der Waals surface area contributed by atoms with Gasteiger partial charge in [-0.05, 0) is 61.4 Å². The summed E-state index contributed by atoms with van der Waals surface area (Å²) in [7, 11) is 3.18. The number of aliphatic hydroxyl groups excluding tert-OH is 1. The number of methoxy groups -OCH3 is 1. The number of anilines is 1. The Kier molecular flexibility index (Phi) is 7.73. The predicted octanol–water partition coefficient (Wildman–Crippen LogP) is 4.70. The number of pyridine rings is 1. The predicted molar refractivity (Wildman–Crippen MR) is 172 cm³/mol. The van der Waals surface area contributed by atoms with Crippen molar-refractivity contribution in [1.29, 1.82) is 0 Å². The van der Waals surface area contributed by atoms with Gasteiger partial charge < -0.3 is 19.7 Å². The molecule has 236 valence electrons. The molecule has 2 bridgehead atoms. The van der Waals surface area contributed by atoms with Crippen LogP contribution in [0.1, 0.15) is 72.7 Å². The lowest BCUT2D eigenvalue weighted by Gasteiger charge is -2.25. The zero-order valence-corrected chi connectivity index (χ0v) is 26.0. The molecule has 1 aromatic carbocycles. The van der Waals surface area contributed by atoms with Gasteiger partial charge in [-0.25, -0.2) is 14.8 Å². The molecule has 12 nitrogen and oxygen atoms in total. The number of carbonyl (C=O) groups is 1. The van der Waals surface area contributed by atoms with E-state index in [1.165, 1.54) is 12.7 Å². The van der Waals surface area contributed by atoms with E-state index in [0.29, 0.717) is 18.0 Å². The number of aryl methyl sites for hydroxylation is 1. The van der Waals surface area contributed by atoms with Crippen molar-refractivity contribution in [2.75, 3.05) is 12.4 Å². The number of nitrogens with zero attached hydrogens (tertiary/aromatic N) is 7. The number of hydrogen-bond acceptors (Lipinski definition) is 9. The first kappa shape index (κ1) is 29.6. The van der Waals surface area contributed by atoms with Gasteiger partial charge in [-0.2, -0.15) is 5.10 Å². The van der Waals surface area contributed by atoms with E-state index in [1.807, 2.05) is 32.2 Å². The minimum Gasteiger partial charge on any atom is -0.464 e. The molecule has 1 aliphatic heterocycles. The van der Waals surface area contributed by atoms with Crippen LogP contribution in [0, 0.1) is 5.92 Å². The van der Waals surface area contributed by atoms with Crippen LogP contribution in [0.15, 0.2) is 72.4 Å². The van der Waals surface area contributed by atoms with Gasteiger partial charge in [0.25, 0.3) is 5.56 Å². The number of fused-ring (bicyclic) bond motifs is 4. The number of ether oxygens (including phenoxy) is 1. The number of imidazole rings is 1. The Morgan fingerprint density at radius 2 is 1.89 bits per heavy atom. The first-order chi connectivity index (χ1) is 22.3. The Balaban J connectivity index is 1.30.